The number of alkyl halides is 3. The largest absolute Gasteiger partial charge is 0.435 e. The van der Waals surface area contributed by atoms with Gasteiger partial charge in [0.05, 0.1) is 11.3 Å². The molecule has 1 amide bonds. The Hall–Kier alpha value is -2.80. The zero-order valence-electron chi connectivity index (χ0n) is 12.6. The molecule has 128 valence electrons. The van der Waals surface area contributed by atoms with E-state index in [1.165, 1.54) is 0 Å². The fourth-order valence-electron chi connectivity index (χ4n) is 2.41. The number of nitrogens with zero attached hydrogens (tertiary/aromatic N) is 2. The van der Waals surface area contributed by atoms with Gasteiger partial charge < -0.3 is 5.73 Å². The van der Waals surface area contributed by atoms with E-state index in [0.29, 0.717) is 16.3 Å². The smallest absolute Gasteiger partial charge is 0.365 e. The molecule has 0 fully saturated rings. The maximum atomic E-state index is 13.0. The van der Waals surface area contributed by atoms with E-state index < -0.39 is 23.3 Å². The predicted octanol–water partition coefficient (Wildman–Crippen LogP) is 4.31. The van der Waals surface area contributed by atoms with Gasteiger partial charge in [-0.3, -0.25) is 4.79 Å². The number of nitrogens with two attached hydrogens (primary N) is 1. The highest BCUT2D eigenvalue weighted by atomic mass is 35.5. The number of benzene rings is 2. The Morgan fingerprint density at radius 2 is 1.84 bits per heavy atom. The number of hydrogen-bond donors (Lipinski definition) is 1. The van der Waals surface area contributed by atoms with Crippen molar-refractivity contribution in [3.05, 3.63) is 71.0 Å². The molecular weight excluding hydrogens is 355 g/mol. The normalized spacial score (nSPS) is 11.5. The van der Waals surface area contributed by atoms with Crippen LogP contribution in [-0.4, -0.2) is 15.7 Å². The molecule has 0 atom stereocenters. The minimum absolute atomic E-state index is 0.343. The summed E-state index contributed by atoms with van der Waals surface area (Å²) in [4.78, 5) is 11.3. The van der Waals surface area contributed by atoms with Crippen molar-refractivity contribution in [1.82, 2.24) is 9.78 Å². The molecule has 2 N–H and O–H groups in total. The Labute approximate surface area is 145 Å². The predicted molar refractivity (Wildman–Crippen MR) is 87.5 cm³/mol. The molecule has 0 spiro atoms. The molecule has 0 radical (unpaired) electrons. The van der Waals surface area contributed by atoms with E-state index >= 15 is 0 Å². The van der Waals surface area contributed by atoms with Crippen LogP contribution in [0.15, 0.2) is 54.7 Å². The van der Waals surface area contributed by atoms with Gasteiger partial charge in [-0.25, -0.2) is 4.68 Å². The van der Waals surface area contributed by atoms with Crippen LogP contribution in [0.1, 0.15) is 16.1 Å². The summed E-state index contributed by atoms with van der Waals surface area (Å²) in [5, 5.41) is 4.00. The Morgan fingerprint density at radius 1 is 1.12 bits per heavy atom. The van der Waals surface area contributed by atoms with Crippen LogP contribution >= 0.6 is 11.6 Å². The molecule has 3 aromatic rings. The van der Waals surface area contributed by atoms with Crippen LogP contribution in [0.2, 0.25) is 5.02 Å². The first-order valence-corrected chi connectivity index (χ1v) is 7.47. The number of carbonyl (C=O) groups is 1. The van der Waals surface area contributed by atoms with Crippen LogP contribution < -0.4 is 5.73 Å². The highest BCUT2D eigenvalue weighted by Crippen LogP contribution is 2.32. The summed E-state index contributed by atoms with van der Waals surface area (Å²) >= 11 is 6.16. The zero-order valence-corrected chi connectivity index (χ0v) is 13.3. The SMILES string of the molecule is NC(=O)c1cn(-c2cccc(-c3ccccc3Cl)c2)nc1C(F)(F)F. The number of carbonyl (C=O) groups excluding carboxylic acids is 1. The first kappa shape index (κ1) is 17.0. The Morgan fingerprint density at radius 3 is 2.44 bits per heavy atom. The fraction of sp³-hybridized carbons (Fsp3) is 0.0588. The van der Waals surface area contributed by atoms with Crippen molar-refractivity contribution in [2.45, 2.75) is 6.18 Å². The third-order valence-electron chi connectivity index (χ3n) is 3.54. The first-order valence-electron chi connectivity index (χ1n) is 7.09. The number of hydrogen-bond acceptors (Lipinski definition) is 2. The van der Waals surface area contributed by atoms with Crippen molar-refractivity contribution < 1.29 is 18.0 Å². The minimum Gasteiger partial charge on any atom is -0.365 e. The molecular formula is C17H11ClF3N3O. The van der Waals surface area contributed by atoms with Crippen molar-refractivity contribution in [2.75, 3.05) is 0 Å². The van der Waals surface area contributed by atoms with Crippen LogP contribution in [0.5, 0.6) is 0 Å². The zero-order chi connectivity index (χ0) is 18.2. The Kier molecular flexibility index (Phi) is 4.26. The summed E-state index contributed by atoms with van der Waals surface area (Å²) in [7, 11) is 0. The topological polar surface area (TPSA) is 60.9 Å². The second-order valence-electron chi connectivity index (χ2n) is 5.23. The van der Waals surface area contributed by atoms with Crippen molar-refractivity contribution >= 4 is 17.5 Å². The number of aromatic nitrogens is 2. The lowest BCUT2D eigenvalue weighted by molar-refractivity contribution is -0.141. The molecule has 2 aromatic carbocycles. The second kappa shape index (κ2) is 6.25. The standard InChI is InChI=1S/C17H11ClF3N3O/c18-14-7-2-1-6-12(14)10-4-3-5-11(8-10)24-9-13(16(22)25)15(23-24)17(19,20)21/h1-9H,(H2,22,25). The van der Waals surface area contributed by atoms with Crippen LogP contribution in [0.25, 0.3) is 16.8 Å². The molecule has 0 saturated heterocycles. The number of amides is 1. The lowest BCUT2D eigenvalue weighted by Crippen LogP contribution is -2.17. The molecule has 0 aliphatic carbocycles. The third kappa shape index (κ3) is 3.36. The number of halogens is 4. The van der Waals surface area contributed by atoms with Gasteiger partial charge in [-0.1, -0.05) is 41.9 Å². The maximum Gasteiger partial charge on any atom is 0.435 e. The van der Waals surface area contributed by atoms with Crippen molar-refractivity contribution in [2.24, 2.45) is 5.73 Å². The minimum atomic E-state index is -4.78. The fourth-order valence-corrected chi connectivity index (χ4v) is 2.65. The van der Waals surface area contributed by atoms with Crippen molar-refractivity contribution in [3.8, 4) is 16.8 Å². The summed E-state index contributed by atoms with van der Waals surface area (Å²) in [6, 6.07) is 13.7. The van der Waals surface area contributed by atoms with Crippen LogP contribution in [-0.2, 0) is 6.18 Å². The van der Waals surface area contributed by atoms with Crippen molar-refractivity contribution in [3.63, 3.8) is 0 Å². The average molecular weight is 366 g/mol. The van der Waals surface area contributed by atoms with Gasteiger partial charge in [0.2, 0.25) is 0 Å². The molecule has 1 heterocycles. The van der Waals surface area contributed by atoms with E-state index in [4.69, 9.17) is 17.3 Å². The lowest BCUT2D eigenvalue weighted by atomic mass is 10.1. The quantitative estimate of drug-likeness (QED) is 0.751. The molecule has 0 bridgehead atoms. The monoisotopic (exact) mass is 365 g/mol. The van der Waals surface area contributed by atoms with Gasteiger partial charge in [0.25, 0.3) is 5.91 Å². The summed E-state index contributed by atoms with van der Waals surface area (Å²) in [5.41, 5.74) is 4.80. The number of primary amides is 1. The van der Waals surface area contributed by atoms with Gasteiger partial charge in [0.1, 0.15) is 0 Å². The maximum absolute atomic E-state index is 13.0. The molecule has 0 aliphatic heterocycles. The molecule has 8 heteroatoms. The molecule has 0 unspecified atom stereocenters. The first-order chi connectivity index (χ1) is 11.8. The van der Waals surface area contributed by atoms with E-state index in [1.807, 2.05) is 0 Å². The van der Waals surface area contributed by atoms with E-state index in [1.54, 1.807) is 48.5 Å². The summed E-state index contributed by atoms with van der Waals surface area (Å²) < 4.78 is 40.1. The highest BCUT2D eigenvalue weighted by Gasteiger charge is 2.38. The number of rotatable bonds is 3. The van der Waals surface area contributed by atoms with Crippen LogP contribution in [0, 0.1) is 0 Å². The summed E-state index contributed by atoms with van der Waals surface area (Å²) in [6.07, 6.45) is -3.81. The Bertz CT molecular complexity index is 950. The van der Waals surface area contributed by atoms with Gasteiger partial charge in [0, 0.05) is 16.8 Å². The summed E-state index contributed by atoms with van der Waals surface area (Å²) in [5.74, 6) is -1.19. The van der Waals surface area contributed by atoms with E-state index in [0.717, 1.165) is 16.4 Å². The summed E-state index contributed by atoms with van der Waals surface area (Å²) in [6.45, 7) is 0. The second-order valence-corrected chi connectivity index (χ2v) is 5.64. The van der Waals surface area contributed by atoms with Gasteiger partial charge in [-0.2, -0.15) is 18.3 Å². The van der Waals surface area contributed by atoms with Gasteiger partial charge >= 0.3 is 6.18 Å². The molecule has 3 rings (SSSR count). The molecule has 1 aromatic heterocycles. The van der Waals surface area contributed by atoms with Gasteiger partial charge in [-0.15, -0.1) is 0 Å². The van der Waals surface area contributed by atoms with Crippen LogP contribution in [0.3, 0.4) is 0 Å². The molecule has 25 heavy (non-hydrogen) atoms. The van der Waals surface area contributed by atoms with Gasteiger partial charge in [0.15, 0.2) is 5.69 Å². The Balaban J connectivity index is 2.11. The van der Waals surface area contributed by atoms with Gasteiger partial charge in [-0.05, 0) is 23.8 Å². The highest BCUT2D eigenvalue weighted by molar-refractivity contribution is 6.33. The van der Waals surface area contributed by atoms with E-state index in [2.05, 4.69) is 5.10 Å². The molecule has 0 saturated carbocycles. The lowest BCUT2D eigenvalue weighted by Gasteiger charge is -2.07. The third-order valence-corrected chi connectivity index (χ3v) is 3.87. The van der Waals surface area contributed by atoms with E-state index in [9.17, 15) is 18.0 Å². The van der Waals surface area contributed by atoms with Crippen molar-refractivity contribution in [1.29, 1.82) is 0 Å². The molecule has 4 nitrogen and oxygen atoms in total. The molecule has 0 aliphatic rings. The van der Waals surface area contributed by atoms with E-state index in [-0.39, 0.29) is 0 Å². The average Bonchev–Trinajstić information content (AvgIpc) is 3.01. The van der Waals surface area contributed by atoms with Crippen LogP contribution in [0.4, 0.5) is 13.2 Å².